The van der Waals surface area contributed by atoms with Crippen LogP contribution in [0.2, 0.25) is 0 Å². The summed E-state index contributed by atoms with van der Waals surface area (Å²) in [5, 5.41) is 42.5. The molecule has 19 atom stereocenters. The molecule has 28 heteroatoms. The summed E-state index contributed by atoms with van der Waals surface area (Å²) in [6.07, 6.45) is 41.0. The van der Waals surface area contributed by atoms with Gasteiger partial charge < -0.3 is 77.3 Å². The van der Waals surface area contributed by atoms with Gasteiger partial charge in [0.1, 0.15) is 54.5 Å². The first-order valence-corrected chi connectivity index (χ1v) is 52.6. The summed E-state index contributed by atoms with van der Waals surface area (Å²) >= 11 is 1.32. The van der Waals surface area contributed by atoms with Crippen molar-refractivity contribution < 1.29 is 130 Å². The Kier molecular flexibility index (Phi) is 59.1. The van der Waals surface area contributed by atoms with E-state index in [-0.39, 0.29) is 182 Å². The van der Waals surface area contributed by atoms with Gasteiger partial charge in [0.05, 0.1) is 80.7 Å². The Balaban J connectivity index is 0.000000468. The van der Waals surface area contributed by atoms with Gasteiger partial charge in [0, 0.05) is 91.8 Å². The number of aliphatic hydroxyl groups is 4. The number of rotatable bonds is 48. The average molecular weight is 2050 g/mol. The van der Waals surface area contributed by atoms with Crippen molar-refractivity contribution in [2.45, 2.75) is 342 Å². The molecule has 0 aromatic heterocycles. The van der Waals surface area contributed by atoms with Crippen LogP contribution >= 0.6 is 11.8 Å². The van der Waals surface area contributed by atoms with Gasteiger partial charge in [0.15, 0.2) is 40.7 Å². The third-order valence-electron chi connectivity index (χ3n) is 28.7. The summed E-state index contributed by atoms with van der Waals surface area (Å²) in [5.74, 6) is -1.71. The highest BCUT2D eigenvalue weighted by molar-refractivity contribution is 8.03. The molecule has 7 rings (SSSR count). The molecule has 0 aromatic rings. The lowest BCUT2D eigenvalue weighted by atomic mass is 9.77. The number of hydrogen-bond donors (Lipinski definition) is 4. The second-order valence-corrected chi connectivity index (χ2v) is 40.8. The summed E-state index contributed by atoms with van der Waals surface area (Å²) in [4.78, 5) is 132. The van der Waals surface area contributed by atoms with E-state index >= 15 is 0 Å². The molecule has 7 aliphatic rings. The third kappa shape index (κ3) is 40.5. The Bertz CT molecular complexity index is 4900. The quantitative estimate of drug-likeness (QED) is 0.0144. The molecule has 0 spiro atoms. The third-order valence-corrected chi connectivity index (χ3v) is 29.5. The monoisotopic (exact) mass is 2050 g/mol. The maximum Gasteiger partial charge on any atom is 0.309 e. The Labute approximate surface area is 869 Å². The first-order chi connectivity index (χ1) is 68.5. The van der Waals surface area contributed by atoms with Crippen molar-refractivity contribution in [2.75, 3.05) is 70.2 Å². The highest BCUT2D eigenvalue weighted by atomic mass is 32.2. The van der Waals surface area contributed by atoms with Crippen LogP contribution in [0.15, 0.2) is 185 Å². The first-order valence-electron chi connectivity index (χ1n) is 51.4. The first kappa shape index (κ1) is 129. The predicted octanol–water partition coefficient (Wildman–Crippen LogP) is 22.0. The average Bonchev–Trinajstić information content (AvgIpc) is 1.47. The van der Waals surface area contributed by atoms with Crippen LogP contribution in [0.4, 0.5) is 0 Å². The molecule has 2 fully saturated rings. The van der Waals surface area contributed by atoms with Crippen LogP contribution in [0.3, 0.4) is 0 Å². The molecule has 2 aliphatic heterocycles. The molecule has 812 valence electrons. The number of cyclic esters (lactones) is 2. The number of esters is 3. The van der Waals surface area contributed by atoms with Crippen molar-refractivity contribution in [1.29, 1.82) is 0 Å². The number of ether oxygens (including phenoxy) is 12. The fourth-order valence-electron chi connectivity index (χ4n) is 18.7. The molecule has 2 saturated heterocycles. The number of carbonyl (C=O) groups excluding carboxylic acids is 11. The number of thioether (sulfide) groups is 1. The molecule has 4 N–H and O–H groups in total. The van der Waals surface area contributed by atoms with Gasteiger partial charge in [0.2, 0.25) is 46.2 Å². The van der Waals surface area contributed by atoms with Crippen molar-refractivity contribution in [1.82, 2.24) is 0 Å². The summed E-state index contributed by atoms with van der Waals surface area (Å²) in [5.41, 5.74) is 12.6. The number of aldehydes is 1. The SMILES string of the molecule is CCC(=O)C/C(C)=C/CC1C(C)C(=O)C(SC)=C(OC)C1O.COC1=C(OC)C(O)C(C/C=C(\C)CC/C=C(\C)CC/C=C(\C)C(C)=O)C(C)C1=O.COC1=C(OC)C(O)C(C/C=C(\C)CC/C=C(\C)CC/C=C(\C)C=O)C(C)C1=O.COC1=C(OC)C(O)C(C/C=C(\C)CC/C=C(\C)CC2CCC(C)C(=O)O2)C(C)C1=O.COC1=C(OC)[C@H](OC(C)=O)[C@H](C/C=C(\C)CC/C=C(\C)CC2CC(C)C(=O)O2)[C@@H](C)C1=O. The number of carbonyl (C=O) groups is 11. The van der Waals surface area contributed by atoms with Crippen LogP contribution in [0, 0.1) is 71.0 Å². The van der Waals surface area contributed by atoms with E-state index in [1.165, 1.54) is 127 Å². The zero-order valence-electron chi connectivity index (χ0n) is 93.0. The molecule has 0 saturated carbocycles. The Morgan fingerprint density at radius 1 is 0.359 bits per heavy atom. The molecule has 145 heavy (non-hydrogen) atoms. The Hall–Kier alpha value is -10.0. The number of allylic oxidation sites excluding steroid dienone is 25. The number of ketones is 7. The van der Waals surface area contributed by atoms with Gasteiger partial charge in [-0.05, 0) is 229 Å². The largest absolute Gasteiger partial charge is 0.497 e. The zero-order chi connectivity index (χ0) is 110. The van der Waals surface area contributed by atoms with Crippen molar-refractivity contribution >= 4 is 76.4 Å². The van der Waals surface area contributed by atoms with Gasteiger partial charge in [-0.1, -0.05) is 172 Å². The molecule has 16 unspecified atom stereocenters. The fourth-order valence-corrected chi connectivity index (χ4v) is 19.5. The topological polar surface area (TPSA) is 379 Å². The van der Waals surface area contributed by atoms with Gasteiger partial charge in [-0.25, -0.2) is 0 Å². The standard InChI is InChI=1S/C26H38O7.C25H38O6.C25H38O5.C24H36O5.C17H26O4S/c1-15(9-8-10-16(2)13-20-14-17(3)26(29)33-20)11-12-21-18(4)22(28)24(30-6)25(31-7)23(21)32-19(5)27;1-15(8-7-9-16(2)14-19-12-11-17(3)25(28)31-19)10-13-20-18(4)21(26)23(29-5)24(30-6)22(20)27;1-16(12-9-13-18(3)20(5)26)10-8-11-17(2)14-15-21-19(4)22(27)24(29-6)25(30-7)23(21)28;1-16(10-8-12-18(3)15-25)9-7-11-17(2)13-14-20-19(4)21(26)23(28-5)24(29-6)22(20)27;1-6-12(18)9-10(2)7-8-13-11(3)14(19)17(22-5)16(21-4)15(13)20/h10-11,17-18,20-21,23H,8-9,12-14H2,1-7H3;9-10,17-20,22,27H,7-8,11-14H2,1-6H3;10,13-14,19,21,23,28H,8-9,11-12,15H2,1-7H3;9,12-13,15,19-20,22,27H,7-8,10-11,14H2,1-6H3;7,11,13,15,20H,6,8-9H2,1-5H3/b15-11+,16-10+;15-10+,16-9+;16-10+,17-14+,18-13+;16-9+,17-13+,18-12+;10-7+/t17?,18-,20?,21-,23-;;;;/m1..../s1. The smallest absolute Gasteiger partial charge is 0.309 e. The van der Waals surface area contributed by atoms with Gasteiger partial charge in [-0.2, -0.15) is 0 Å². The van der Waals surface area contributed by atoms with E-state index in [4.69, 9.17) is 56.8 Å². The molecule has 2 heterocycles. The van der Waals surface area contributed by atoms with E-state index in [0.29, 0.717) is 55.6 Å². The van der Waals surface area contributed by atoms with Crippen molar-refractivity contribution in [2.24, 2.45) is 71.0 Å². The van der Waals surface area contributed by atoms with Crippen LogP contribution in [0.25, 0.3) is 0 Å². The minimum atomic E-state index is -0.861. The van der Waals surface area contributed by atoms with Crippen molar-refractivity contribution in [3.8, 4) is 0 Å². The van der Waals surface area contributed by atoms with E-state index in [0.717, 1.165) is 132 Å². The van der Waals surface area contributed by atoms with E-state index < -0.39 is 36.5 Å². The molecular formula is C117H176O27S. The number of hydrogen-bond acceptors (Lipinski definition) is 28. The number of methoxy groups -OCH3 is 9. The summed E-state index contributed by atoms with van der Waals surface area (Å²) in [6, 6.07) is 0. The highest BCUT2D eigenvalue weighted by Gasteiger charge is 2.48. The maximum absolute atomic E-state index is 12.8. The Morgan fingerprint density at radius 3 is 0.986 bits per heavy atom. The molecule has 0 aromatic carbocycles. The fraction of sp³-hybridized carbons (Fsp3) is 0.632. The predicted molar refractivity (Wildman–Crippen MR) is 567 cm³/mol. The van der Waals surface area contributed by atoms with E-state index in [2.05, 4.69) is 104 Å². The van der Waals surface area contributed by atoms with Crippen molar-refractivity contribution in [3.63, 3.8) is 0 Å². The summed E-state index contributed by atoms with van der Waals surface area (Å²) < 4.78 is 63.6. The lowest BCUT2D eigenvalue weighted by molar-refractivity contribution is -0.159. The van der Waals surface area contributed by atoms with Gasteiger partial charge in [-0.3, -0.25) is 52.7 Å². The van der Waals surface area contributed by atoms with Gasteiger partial charge >= 0.3 is 17.9 Å². The van der Waals surface area contributed by atoms with E-state index in [1.807, 2.05) is 101 Å². The normalized spacial score (nSPS) is 26.7. The van der Waals surface area contributed by atoms with Crippen LogP contribution in [0.5, 0.6) is 0 Å². The van der Waals surface area contributed by atoms with Crippen molar-refractivity contribution in [3.05, 3.63) is 185 Å². The number of Topliss-reactive ketones (excluding diaryl/α,β-unsaturated/α-hetero) is 7. The molecule has 5 aliphatic carbocycles. The molecule has 0 radical (unpaired) electrons. The molecule has 27 nitrogen and oxygen atoms in total. The summed E-state index contributed by atoms with van der Waals surface area (Å²) in [6.45, 7) is 40.1. The van der Waals surface area contributed by atoms with Crippen LogP contribution < -0.4 is 0 Å². The second kappa shape index (κ2) is 66.4. The van der Waals surface area contributed by atoms with Crippen LogP contribution in [-0.2, 0) is 110 Å². The summed E-state index contributed by atoms with van der Waals surface area (Å²) in [7, 11) is 13.0. The number of aliphatic hydroxyl groups excluding tert-OH is 4. The van der Waals surface area contributed by atoms with E-state index in [1.54, 1.807) is 6.92 Å². The molecular weight excluding hydrogens is 1870 g/mol. The minimum Gasteiger partial charge on any atom is -0.497 e. The zero-order valence-corrected chi connectivity index (χ0v) is 93.8. The van der Waals surface area contributed by atoms with Crippen LogP contribution in [-0.4, -0.2) is 198 Å². The lowest BCUT2D eigenvalue weighted by Crippen LogP contribution is -2.42. The highest BCUT2D eigenvalue weighted by Crippen LogP contribution is 2.43. The molecule has 0 amide bonds. The lowest BCUT2D eigenvalue weighted by Gasteiger charge is -2.35. The Morgan fingerprint density at radius 2 is 0.662 bits per heavy atom. The van der Waals surface area contributed by atoms with Gasteiger partial charge in [0.25, 0.3) is 0 Å². The van der Waals surface area contributed by atoms with E-state index in [9.17, 15) is 73.2 Å². The molecule has 0 bridgehead atoms. The maximum atomic E-state index is 12.8. The van der Waals surface area contributed by atoms with Gasteiger partial charge in [-0.15, -0.1) is 11.8 Å². The second-order valence-electron chi connectivity index (χ2n) is 40.0. The minimum absolute atomic E-state index is 0.00318. The van der Waals surface area contributed by atoms with Crippen LogP contribution in [0.1, 0.15) is 299 Å².